The van der Waals surface area contributed by atoms with Crippen molar-refractivity contribution in [2.24, 2.45) is 0 Å². The van der Waals surface area contributed by atoms with Crippen LogP contribution in [0.3, 0.4) is 0 Å². The van der Waals surface area contributed by atoms with Crippen LogP contribution >= 0.6 is 0 Å². The second-order valence-corrected chi connectivity index (χ2v) is 5.55. The number of methoxy groups -OCH3 is 1. The summed E-state index contributed by atoms with van der Waals surface area (Å²) < 4.78 is 6.96. The van der Waals surface area contributed by atoms with Gasteiger partial charge in [-0.15, -0.1) is 5.10 Å². The summed E-state index contributed by atoms with van der Waals surface area (Å²) in [6.07, 6.45) is 4.41. The molecule has 0 aliphatic heterocycles. The fourth-order valence-electron chi connectivity index (χ4n) is 2.83. The number of hydrogen-bond donors (Lipinski definition) is 1. The van der Waals surface area contributed by atoms with Gasteiger partial charge in [-0.05, 0) is 18.4 Å². The van der Waals surface area contributed by atoms with E-state index < -0.39 is 0 Å². The predicted molar refractivity (Wildman–Crippen MR) is 81.8 cm³/mol. The van der Waals surface area contributed by atoms with E-state index in [-0.39, 0.29) is 17.6 Å². The molecular formula is C16H20N4O2. The van der Waals surface area contributed by atoms with Crippen molar-refractivity contribution >= 4 is 5.91 Å². The van der Waals surface area contributed by atoms with Crippen LogP contribution in [-0.4, -0.2) is 34.1 Å². The highest BCUT2D eigenvalue weighted by molar-refractivity contribution is 5.94. The molecule has 1 aromatic carbocycles. The standard InChI is InChI=1S/C16H20N4O2/c1-22-16-14(15(21)17-13-9-5-6-10-13)18-19-20(16)11-12-7-3-2-4-8-12/h2-4,7-8,13H,5-6,9-11H2,1H3,(H,17,21). The zero-order valence-electron chi connectivity index (χ0n) is 12.7. The Labute approximate surface area is 129 Å². The Bertz CT molecular complexity index is 633. The van der Waals surface area contributed by atoms with Crippen LogP contribution in [0.25, 0.3) is 0 Å². The number of aromatic nitrogens is 3. The molecule has 0 bridgehead atoms. The Morgan fingerprint density at radius 1 is 1.32 bits per heavy atom. The third kappa shape index (κ3) is 3.10. The van der Waals surface area contributed by atoms with Gasteiger partial charge in [0.15, 0.2) is 0 Å². The lowest BCUT2D eigenvalue weighted by Gasteiger charge is -2.11. The highest BCUT2D eigenvalue weighted by atomic mass is 16.5. The minimum Gasteiger partial charge on any atom is -0.479 e. The number of nitrogens with one attached hydrogen (secondary N) is 1. The molecule has 22 heavy (non-hydrogen) atoms. The van der Waals surface area contributed by atoms with Crippen molar-refractivity contribution in [3.05, 3.63) is 41.6 Å². The molecule has 1 aliphatic carbocycles. The van der Waals surface area contributed by atoms with Crippen molar-refractivity contribution < 1.29 is 9.53 Å². The van der Waals surface area contributed by atoms with E-state index in [0.717, 1.165) is 18.4 Å². The number of rotatable bonds is 5. The first-order chi connectivity index (χ1) is 10.8. The molecule has 1 amide bonds. The minimum atomic E-state index is -0.205. The van der Waals surface area contributed by atoms with Crippen molar-refractivity contribution in [2.45, 2.75) is 38.3 Å². The predicted octanol–water partition coefficient (Wildman–Crippen LogP) is 2.01. The zero-order chi connectivity index (χ0) is 15.4. The zero-order valence-corrected chi connectivity index (χ0v) is 12.7. The lowest BCUT2D eigenvalue weighted by molar-refractivity contribution is 0.0929. The van der Waals surface area contributed by atoms with Gasteiger partial charge >= 0.3 is 0 Å². The summed E-state index contributed by atoms with van der Waals surface area (Å²) in [5.41, 5.74) is 1.33. The molecule has 6 heteroatoms. The molecule has 116 valence electrons. The summed E-state index contributed by atoms with van der Waals surface area (Å²) in [7, 11) is 1.53. The van der Waals surface area contributed by atoms with Crippen LogP contribution in [-0.2, 0) is 6.54 Å². The molecule has 1 heterocycles. The van der Waals surface area contributed by atoms with E-state index in [1.54, 1.807) is 4.68 Å². The molecule has 1 aromatic heterocycles. The number of benzene rings is 1. The molecule has 2 aromatic rings. The maximum atomic E-state index is 12.3. The van der Waals surface area contributed by atoms with Gasteiger partial charge in [-0.25, -0.2) is 4.68 Å². The number of hydrogen-bond acceptors (Lipinski definition) is 4. The molecule has 1 fully saturated rings. The van der Waals surface area contributed by atoms with Gasteiger partial charge < -0.3 is 10.1 Å². The summed E-state index contributed by atoms with van der Waals surface area (Å²) >= 11 is 0. The lowest BCUT2D eigenvalue weighted by Crippen LogP contribution is -2.33. The second-order valence-electron chi connectivity index (χ2n) is 5.55. The Morgan fingerprint density at radius 2 is 2.05 bits per heavy atom. The van der Waals surface area contributed by atoms with Crippen LogP contribution in [0.1, 0.15) is 41.7 Å². The molecule has 0 unspecified atom stereocenters. The lowest BCUT2D eigenvalue weighted by atomic mass is 10.2. The summed E-state index contributed by atoms with van der Waals surface area (Å²) in [4.78, 5) is 12.3. The van der Waals surface area contributed by atoms with E-state index in [1.807, 2.05) is 30.3 Å². The van der Waals surface area contributed by atoms with Crippen LogP contribution in [0, 0.1) is 0 Å². The second kappa shape index (κ2) is 6.60. The third-order valence-corrected chi connectivity index (χ3v) is 3.96. The summed E-state index contributed by atoms with van der Waals surface area (Å²) in [5, 5.41) is 11.1. The molecule has 1 saturated carbocycles. The first-order valence-corrected chi connectivity index (χ1v) is 7.60. The molecule has 3 rings (SSSR count). The van der Waals surface area contributed by atoms with Gasteiger partial charge in [0, 0.05) is 6.04 Å². The molecule has 0 atom stereocenters. The fourth-order valence-corrected chi connectivity index (χ4v) is 2.83. The first-order valence-electron chi connectivity index (χ1n) is 7.60. The van der Waals surface area contributed by atoms with Gasteiger partial charge in [-0.2, -0.15) is 0 Å². The van der Waals surface area contributed by atoms with E-state index >= 15 is 0 Å². The average Bonchev–Trinajstić information content (AvgIpc) is 3.17. The van der Waals surface area contributed by atoms with Crippen LogP contribution in [0.2, 0.25) is 0 Å². The van der Waals surface area contributed by atoms with Crippen molar-refractivity contribution in [2.75, 3.05) is 7.11 Å². The van der Waals surface area contributed by atoms with Gasteiger partial charge in [0.2, 0.25) is 11.6 Å². The van der Waals surface area contributed by atoms with E-state index in [0.29, 0.717) is 12.4 Å². The van der Waals surface area contributed by atoms with Crippen LogP contribution in [0.4, 0.5) is 0 Å². The highest BCUT2D eigenvalue weighted by Gasteiger charge is 2.24. The highest BCUT2D eigenvalue weighted by Crippen LogP contribution is 2.20. The molecule has 6 nitrogen and oxygen atoms in total. The fraction of sp³-hybridized carbons (Fsp3) is 0.438. The number of amides is 1. The maximum Gasteiger partial charge on any atom is 0.277 e. The Kier molecular flexibility index (Phi) is 4.37. The Morgan fingerprint density at radius 3 is 2.73 bits per heavy atom. The van der Waals surface area contributed by atoms with Gasteiger partial charge in [-0.3, -0.25) is 4.79 Å². The SMILES string of the molecule is COc1c(C(=O)NC2CCCC2)nnn1Cc1ccccc1. The van der Waals surface area contributed by atoms with Gasteiger partial charge in [-0.1, -0.05) is 48.4 Å². The molecule has 0 radical (unpaired) electrons. The molecule has 0 spiro atoms. The molecule has 1 N–H and O–H groups in total. The number of carbonyl (C=O) groups excluding carboxylic acids is 1. The average molecular weight is 300 g/mol. The number of nitrogens with zero attached hydrogens (tertiary/aromatic N) is 3. The monoisotopic (exact) mass is 300 g/mol. The van der Waals surface area contributed by atoms with Crippen molar-refractivity contribution in [1.29, 1.82) is 0 Å². The quantitative estimate of drug-likeness (QED) is 0.917. The van der Waals surface area contributed by atoms with Crippen molar-refractivity contribution in [3.63, 3.8) is 0 Å². The Balaban J connectivity index is 1.76. The van der Waals surface area contributed by atoms with E-state index in [9.17, 15) is 4.79 Å². The van der Waals surface area contributed by atoms with Crippen LogP contribution in [0.5, 0.6) is 5.88 Å². The number of ether oxygens (including phenoxy) is 1. The largest absolute Gasteiger partial charge is 0.479 e. The summed E-state index contributed by atoms with van der Waals surface area (Å²) in [6, 6.07) is 10.1. The number of carbonyl (C=O) groups is 1. The molecule has 1 aliphatic rings. The third-order valence-electron chi connectivity index (χ3n) is 3.96. The Hall–Kier alpha value is -2.37. The smallest absolute Gasteiger partial charge is 0.277 e. The first kappa shape index (κ1) is 14.6. The van der Waals surface area contributed by atoms with E-state index in [4.69, 9.17) is 4.74 Å². The summed E-state index contributed by atoms with van der Waals surface area (Å²) in [5.74, 6) is 0.197. The van der Waals surface area contributed by atoms with Crippen molar-refractivity contribution in [3.8, 4) is 5.88 Å². The normalized spacial score (nSPS) is 15.0. The van der Waals surface area contributed by atoms with Crippen LogP contribution in [0.15, 0.2) is 30.3 Å². The minimum absolute atomic E-state index is 0.205. The summed E-state index contributed by atoms with van der Waals surface area (Å²) in [6.45, 7) is 0.522. The van der Waals surface area contributed by atoms with E-state index in [1.165, 1.54) is 20.0 Å². The van der Waals surface area contributed by atoms with Gasteiger partial charge in [0.05, 0.1) is 13.7 Å². The van der Waals surface area contributed by atoms with E-state index in [2.05, 4.69) is 15.6 Å². The van der Waals surface area contributed by atoms with Crippen LogP contribution < -0.4 is 10.1 Å². The van der Waals surface area contributed by atoms with Crippen molar-refractivity contribution in [1.82, 2.24) is 20.3 Å². The molecule has 0 saturated heterocycles. The molecular weight excluding hydrogens is 280 g/mol. The van der Waals surface area contributed by atoms with Gasteiger partial charge in [0.1, 0.15) is 0 Å². The van der Waals surface area contributed by atoms with Gasteiger partial charge in [0.25, 0.3) is 5.91 Å². The topological polar surface area (TPSA) is 69.0 Å². The maximum absolute atomic E-state index is 12.3.